The Morgan fingerprint density at radius 1 is 1.40 bits per heavy atom. The Labute approximate surface area is 120 Å². The molecule has 0 saturated heterocycles. The van der Waals surface area contributed by atoms with Crippen molar-refractivity contribution >= 4 is 11.6 Å². The van der Waals surface area contributed by atoms with E-state index in [1.807, 2.05) is 11.9 Å². The molecule has 2 N–H and O–H groups in total. The van der Waals surface area contributed by atoms with E-state index in [-0.39, 0.29) is 18.3 Å². The number of hydrogen-bond donors (Lipinski definition) is 2. The van der Waals surface area contributed by atoms with Crippen molar-refractivity contribution in [3.05, 3.63) is 29.6 Å². The highest BCUT2D eigenvalue weighted by Gasteiger charge is 2.11. The van der Waals surface area contributed by atoms with Crippen LogP contribution in [0.5, 0.6) is 0 Å². The fraction of sp³-hybridized carbons (Fsp3) is 0.533. The lowest BCUT2D eigenvalue weighted by molar-refractivity contribution is -0.119. The van der Waals surface area contributed by atoms with Crippen LogP contribution in [0.25, 0.3) is 0 Å². The number of carbonyl (C=O) groups is 1. The summed E-state index contributed by atoms with van der Waals surface area (Å²) in [5.41, 5.74) is 1.73. The quantitative estimate of drug-likeness (QED) is 0.800. The number of hydrogen-bond acceptors (Lipinski definition) is 3. The molecule has 5 heteroatoms. The van der Waals surface area contributed by atoms with E-state index in [0.717, 1.165) is 17.8 Å². The Kier molecular flexibility index (Phi) is 6.45. The number of nitrogens with zero attached hydrogens (tertiary/aromatic N) is 1. The highest BCUT2D eigenvalue weighted by atomic mass is 19.1. The molecule has 0 atom stereocenters. The second-order valence-electron chi connectivity index (χ2n) is 5.33. The van der Waals surface area contributed by atoms with Crippen LogP contribution in [0.15, 0.2) is 18.2 Å². The summed E-state index contributed by atoms with van der Waals surface area (Å²) in [4.78, 5) is 13.3. The van der Waals surface area contributed by atoms with Crippen LogP contribution < -0.4 is 15.5 Å². The first kappa shape index (κ1) is 16.4. The highest BCUT2D eigenvalue weighted by Crippen LogP contribution is 2.20. The second-order valence-corrected chi connectivity index (χ2v) is 5.33. The number of anilines is 1. The van der Waals surface area contributed by atoms with Crippen molar-refractivity contribution in [2.24, 2.45) is 5.92 Å². The van der Waals surface area contributed by atoms with E-state index in [1.54, 1.807) is 13.1 Å². The van der Waals surface area contributed by atoms with Gasteiger partial charge in [0.2, 0.25) is 5.91 Å². The lowest BCUT2D eigenvalue weighted by atomic mass is 10.1. The number of halogens is 1. The maximum absolute atomic E-state index is 13.4. The summed E-state index contributed by atoms with van der Waals surface area (Å²) in [6, 6.07) is 4.65. The van der Waals surface area contributed by atoms with Gasteiger partial charge in [0.15, 0.2) is 0 Å². The molecule has 0 aliphatic carbocycles. The van der Waals surface area contributed by atoms with Gasteiger partial charge in [0.1, 0.15) is 5.82 Å². The van der Waals surface area contributed by atoms with Gasteiger partial charge in [-0.15, -0.1) is 0 Å². The minimum Gasteiger partial charge on any atom is -0.365 e. The zero-order valence-electron chi connectivity index (χ0n) is 12.7. The molecule has 1 amide bonds. The molecule has 0 aliphatic heterocycles. The fourth-order valence-electron chi connectivity index (χ4n) is 1.94. The summed E-state index contributed by atoms with van der Waals surface area (Å²) in [5, 5.41) is 5.88. The van der Waals surface area contributed by atoms with Gasteiger partial charge >= 0.3 is 0 Å². The third kappa shape index (κ3) is 5.17. The van der Waals surface area contributed by atoms with Gasteiger partial charge in [-0.25, -0.2) is 4.39 Å². The molecule has 0 bridgehead atoms. The SMILES string of the molecule is CNC(=O)CN(C)c1ccc(F)cc1CNCC(C)C. The van der Waals surface area contributed by atoms with Crippen LogP contribution in [0.1, 0.15) is 19.4 Å². The first-order valence-electron chi connectivity index (χ1n) is 6.85. The molecule has 0 radical (unpaired) electrons. The molecule has 0 aliphatic rings. The van der Waals surface area contributed by atoms with E-state index in [9.17, 15) is 9.18 Å². The normalized spacial score (nSPS) is 10.7. The molecular weight excluding hydrogens is 257 g/mol. The van der Waals surface area contributed by atoms with Crippen molar-refractivity contribution in [1.29, 1.82) is 0 Å². The number of rotatable bonds is 7. The van der Waals surface area contributed by atoms with Gasteiger partial charge in [-0.05, 0) is 36.2 Å². The van der Waals surface area contributed by atoms with Crippen LogP contribution in [0.4, 0.5) is 10.1 Å². The van der Waals surface area contributed by atoms with E-state index < -0.39 is 0 Å². The Morgan fingerprint density at radius 3 is 2.70 bits per heavy atom. The lowest BCUT2D eigenvalue weighted by Crippen LogP contribution is -2.33. The topological polar surface area (TPSA) is 44.4 Å². The average Bonchev–Trinajstić information content (AvgIpc) is 2.38. The first-order valence-corrected chi connectivity index (χ1v) is 6.85. The fourth-order valence-corrected chi connectivity index (χ4v) is 1.94. The Balaban J connectivity index is 2.80. The van der Waals surface area contributed by atoms with Crippen molar-refractivity contribution in [2.75, 3.05) is 32.1 Å². The van der Waals surface area contributed by atoms with Crippen molar-refractivity contribution in [1.82, 2.24) is 10.6 Å². The van der Waals surface area contributed by atoms with Crippen LogP contribution >= 0.6 is 0 Å². The summed E-state index contributed by atoms with van der Waals surface area (Å²) in [6.45, 7) is 5.95. The van der Waals surface area contributed by atoms with Crippen LogP contribution in [0.2, 0.25) is 0 Å². The predicted octanol–water partition coefficient (Wildman–Crippen LogP) is 1.75. The van der Waals surface area contributed by atoms with Gasteiger partial charge in [-0.2, -0.15) is 0 Å². The number of nitrogens with one attached hydrogen (secondary N) is 2. The minimum absolute atomic E-state index is 0.0714. The van der Waals surface area contributed by atoms with Gasteiger partial charge in [0.25, 0.3) is 0 Å². The predicted molar refractivity (Wildman–Crippen MR) is 80.3 cm³/mol. The third-order valence-corrected chi connectivity index (χ3v) is 2.98. The van der Waals surface area contributed by atoms with Crippen molar-refractivity contribution in [3.63, 3.8) is 0 Å². The van der Waals surface area contributed by atoms with Gasteiger partial charge in [-0.1, -0.05) is 13.8 Å². The molecule has 1 aromatic carbocycles. The third-order valence-electron chi connectivity index (χ3n) is 2.98. The van der Waals surface area contributed by atoms with E-state index in [4.69, 9.17) is 0 Å². The maximum atomic E-state index is 13.4. The molecule has 0 unspecified atom stereocenters. The van der Waals surface area contributed by atoms with Gasteiger partial charge in [0.05, 0.1) is 6.54 Å². The molecule has 0 fully saturated rings. The highest BCUT2D eigenvalue weighted by molar-refractivity contribution is 5.81. The molecule has 0 spiro atoms. The molecule has 0 saturated carbocycles. The average molecular weight is 281 g/mol. The van der Waals surface area contributed by atoms with Crippen LogP contribution in [0.3, 0.4) is 0 Å². The molecule has 0 heterocycles. The molecule has 0 aromatic heterocycles. The van der Waals surface area contributed by atoms with Crippen molar-refractivity contribution in [2.45, 2.75) is 20.4 Å². The van der Waals surface area contributed by atoms with Crippen LogP contribution in [0, 0.1) is 11.7 Å². The van der Waals surface area contributed by atoms with Crippen LogP contribution in [-0.2, 0) is 11.3 Å². The monoisotopic (exact) mass is 281 g/mol. The molecular formula is C15H24FN3O. The Hall–Kier alpha value is -1.62. The van der Waals surface area contributed by atoms with Crippen molar-refractivity contribution in [3.8, 4) is 0 Å². The van der Waals surface area contributed by atoms with E-state index in [1.165, 1.54) is 12.1 Å². The summed E-state index contributed by atoms with van der Waals surface area (Å²) in [6.07, 6.45) is 0. The number of likely N-dealkylation sites (N-methyl/N-ethyl adjacent to an activating group) is 2. The zero-order valence-corrected chi connectivity index (χ0v) is 12.7. The summed E-state index contributed by atoms with van der Waals surface area (Å²) < 4.78 is 13.4. The van der Waals surface area contributed by atoms with E-state index in [2.05, 4.69) is 24.5 Å². The van der Waals surface area contributed by atoms with E-state index in [0.29, 0.717) is 12.5 Å². The maximum Gasteiger partial charge on any atom is 0.239 e. The number of benzene rings is 1. The van der Waals surface area contributed by atoms with Gasteiger partial charge in [0, 0.05) is 26.3 Å². The van der Waals surface area contributed by atoms with Gasteiger partial charge < -0.3 is 15.5 Å². The zero-order chi connectivity index (χ0) is 15.1. The van der Waals surface area contributed by atoms with E-state index >= 15 is 0 Å². The van der Waals surface area contributed by atoms with Gasteiger partial charge in [-0.3, -0.25) is 4.79 Å². The Bertz CT molecular complexity index is 449. The molecule has 1 rings (SSSR count). The number of amides is 1. The van der Waals surface area contributed by atoms with Crippen LogP contribution in [-0.4, -0.2) is 33.1 Å². The minimum atomic E-state index is -0.261. The molecule has 20 heavy (non-hydrogen) atoms. The lowest BCUT2D eigenvalue weighted by Gasteiger charge is -2.22. The second kappa shape index (κ2) is 7.85. The summed E-state index contributed by atoms with van der Waals surface area (Å²) >= 11 is 0. The Morgan fingerprint density at radius 2 is 2.10 bits per heavy atom. The molecule has 1 aromatic rings. The molecule has 4 nitrogen and oxygen atoms in total. The summed E-state index contributed by atoms with van der Waals surface area (Å²) in [7, 11) is 3.43. The smallest absolute Gasteiger partial charge is 0.239 e. The molecule has 112 valence electrons. The van der Waals surface area contributed by atoms with Crippen molar-refractivity contribution < 1.29 is 9.18 Å². The standard InChI is InChI=1S/C15H24FN3O/c1-11(2)8-18-9-12-7-13(16)5-6-14(12)19(4)10-15(20)17-3/h5-7,11,18H,8-10H2,1-4H3,(H,17,20). The first-order chi connectivity index (χ1) is 9.43. The number of carbonyl (C=O) groups excluding carboxylic acids is 1. The largest absolute Gasteiger partial charge is 0.365 e. The summed E-state index contributed by atoms with van der Waals surface area (Å²) in [5.74, 6) is 0.206.